The predicted octanol–water partition coefficient (Wildman–Crippen LogP) is 4.70. The van der Waals surface area contributed by atoms with Crippen molar-refractivity contribution in [3.8, 4) is 22.6 Å². The van der Waals surface area contributed by atoms with Gasteiger partial charge in [0.05, 0.1) is 23.5 Å². The third-order valence-electron chi connectivity index (χ3n) is 6.62. The van der Waals surface area contributed by atoms with Gasteiger partial charge in [-0.05, 0) is 53.1 Å². The summed E-state index contributed by atoms with van der Waals surface area (Å²) in [7, 11) is 0. The minimum Gasteiger partial charge on any atom is -0.508 e. The first-order valence-corrected chi connectivity index (χ1v) is 12.4. The Morgan fingerprint density at radius 1 is 0.921 bits per heavy atom. The quantitative estimate of drug-likeness (QED) is 0.325. The molecule has 38 heavy (non-hydrogen) atoms. The second kappa shape index (κ2) is 9.78. The molecular formula is C31H26N5O2+. The van der Waals surface area contributed by atoms with Crippen LogP contribution in [0.3, 0.4) is 0 Å². The van der Waals surface area contributed by atoms with Crippen LogP contribution in [0.1, 0.15) is 17.0 Å². The number of aryl methyl sites for hydroxylation is 1. The Balaban J connectivity index is 1.28. The van der Waals surface area contributed by atoms with Crippen molar-refractivity contribution in [3.63, 3.8) is 0 Å². The van der Waals surface area contributed by atoms with Crippen molar-refractivity contribution in [1.29, 1.82) is 0 Å². The maximum atomic E-state index is 12.4. The number of nitrogens with one attached hydrogen (secondary N) is 1. The van der Waals surface area contributed by atoms with Gasteiger partial charge in [-0.3, -0.25) is 9.78 Å². The normalized spacial score (nSPS) is 11.2. The summed E-state index contributed by atoms with van der Waals surface area (Å²) in [5.41, 5.74) is 6.68. The molecule has 0 radical (unpaired) electrons. The first kappa shape index (κ1) is 23.4. The second-order valence-electron chi connectivity index (χ2n) is 9.28. The van der Waals surface area contributed by atoms with Crippen LogP contribution in [0.25, 0.3) is 33.4 Å². The van der Waals surface area contributed by atoms with Crippen molar-refractivity contribution in [1.82, 2.24) is 20.1 Å². The number of phenols is 1. The molecule has 0 unspecified atom stereocenters. The molecule has 0 fully saturated rings. The molecule has 3 aromatic carbocycles. The van der Waals surface area contributed by atoms with E-state index in [9.17, 15) is 9.90 Å². The molecule has 1 amide bonds. The minimum absolute atomic E-state index is 0.0991. The lowest BCUT2D eigenvalue weighted by atomic mass is 10.1. The number of carbonyl (C=O) groups is 1. The van der Waals surface area contributed by atoms with Crippen molar-refractivity contribution >= 4 is 22.5 Å². The fraction of sp³-hybridized carbons (Fsp3) is 0.0968. The number of fused-ring (bicyclic) bond motifs is 3. The third kappa shape index (κ3) is 4.57. The highest BCUT2D eigenvalue weighted by Crippen LogP contribution is 2.25. The maximum absolute atomic E-state index is 12.4. The fourth-order valence-corrected chi connectivity index (χ4v) is 4.69. The van der Waals surface area contributed by atoms with Crippen LogP contribution in [0.5, 0.6) is 5.75 Å². The van der Waals surface area contributed by atoms with E-state index in [2.05, 4.69) is 27.9 Å². The van der Waals surface area contributed by atoms with Crippen LogP contribution in [-0.2, 0) is 17.8 Å². The molecule has 7 heteroatoms. The number of nitrogens with zero attached hydrogens (tertiary/aromatic N) is 4. The summed E-state index contributed by atoms with van der Waals surface area (Å²) in [6.45, 7) is 2.40. The lowest BCUT2D eigenvalue weighted by molar-refractivity contribution is -0.519. The summed E-state index contributed by atoms with van der Waals surface area (Å²) >= 11 is 0. The van der Waals surface area contributed by atoms with Gasteiger partial charge in [0.2, 0.25) is 5.91 Å². The van der Waals surface area contributed by atoms with Gasteiger partial charge in [0.15, 0.2) is 0 Å². The highest BCUT2D eigenvalue weighted by molar-refractivity contribution is 5.92. The van der Waals surface area contributed by atoms with Gasteiger partial charge in [-0.1, -0.05) is 59.3 Å². The van der Waals surface area contributed by atoms with Gasteiger partial charge in [0.25, 0.3) is 11.5 Å². The maximum Gasteiger partial charge on any atom is 0.280 e. The van der Waals surface area contributed by atoms with Crippen molar-refractivity contribution in [2.24, 2.45) is 0 Å². The molecule has 3 heterocycles. The van der Waals surface area contributed by atoms with Crippen molar-refractivity contribution in [2.75, 3.05) is 0 Å². The summed E-state index contributed by atoms with van der Waals surface area (Å²) < 4.78 is 4.02. The Kier molecular flexibility index (Phi) is 6.01. The van der Waals surface area contributed by atoms with Crippen LogP contribution in [0.15, 0.2) is 103 Å². The lowest BCUT2D eigenvalue weighted by Gasteiger charge is -2.07. The number of rotatable bonds is 6. The Morgan fingerprint density at radius 3 is 2.53 bits per heavy atom. The van der Waals surface area contributed by atoms with E-state index in [-0.39, 0.29) is 18.1 Å². The second-order valence-corrected chi connectivity index (χ2v) is 9.28. The van der Waals surface area contributed by atoms with Gasteiger partial charge in [-0.25, -0.2) is 4.40 Å². The largest absolute Gasteiger partial charge is 0.508 e. The third-order valence-corrected chi connectivity index (χ3v) is 6.62. The topological polar surface area (TPSA) is 84.1 Å². The minimum atomic E-state index is -0.0991. The van der Waals surface area contributed by atoms with Gasteiger partial charge in [-0.15, -0.1) is 0 Å². The predicted molar refractivity (Wildman–Crippen MR) is 146 cm³/mol. The van der Waals surface area contributed by atoms with E-state index in [1.807, 2.05) is 78.6 Å². The number of amides is 1. The Labute approximate surface area is 219 Å². The first-order valence-electron chi connectivity index (χ1n) is 12.4. The number of carbonyl (C=O) groups excluding carboxylic acids is 1. The Bertz CT molecular complexity index is 1780. The highest BCUT2D eigenvalue weighted by Gasteiger charge is 2.22. The summed E-state index contributed by atoms with van der Waals surface area (Å²) in [4.78, 5) is 17.1. The molecule has 0 saturated heterocycles. The molecule has 2 N–H and O–H groups in total. The number of phenolic OH excluding ortho intramolecular Hbond substituents is 1. The van der Waals surface area contributed by atoms with Gasteiger partial charge in [0.1, 0.15) is 11.4 Å². The molecule has 6 rings (SSSR count). The molecule has 0 aliphatic rings. The SMILES string of the molecule is Cc1nn(-c2ccc(CNC(=O)Cc3cccc(O)c3)cc2)c2c3cc(-c4ccccc4)cnc3cc[n+]12. The van der Waals surface area contributed by atoms with Crippen LogP contribution in [0.4, 0.5) is 0 Å². The zero-order chi connectivity index (χ0) is 26.1. The molecule has 0 bridgehead atoms. The molecule has 0 aliphatic carbocycles. The number of hydrogen-bond donors (Lipinski definition) is 2. The molecule has 0 saturated carbocycles. The van der Waals surface area contributed by atoms with Gasteiger partial charge < -0.3 is 10.4 Å². The summed E-state index contributed by atoms with van der Waals surface area (Å²) in [6, 6.07) is 29.2. The number of aromatic nitrogens is 4. The van der Waals surface area contributed by atoms with Crippen molar-refractivity contribution < 1.29 is 14.3 Å². The fourth-order valence-electron chi connectivity index (χ4n) is 4.69. The van der Waals surface area contributed by atoms with Crippen LogP contribution in [-0.4, -0.2) is 25.8 Å². The number of pyridine rings is 2. The van der Waals surface area contributed by atoms with Crippen LogP contribution < -0.4 is 9.72 Å². The molecule has 186 valence electrons. The molecule has 3 aromatic heterocycles. The van der Waals surface area contributed by atoms with E-state index in [1.165, 1.54) is 0 Å². The van der Waals surface area contributed by atoms with Crippen LogP contribution in [0.2, 0.25) is 0 Å². The van der Waals surface area contributed by atoms with Crippen molar-refractivity contribution in [2.45, 2.75) is 19.9 Å². The van der Waals surface area contributed by atoms with E-state index in [1.54, 1.807) is 18.2 Å². The van der Waals surface area contributed by atoms with Crippen molar-refractivity contribution in [3.05, 3.63) is 120 Å². The van der Waals surface area contributed by atoms with Gasteiger partial charge in [-0.2, -0.15) is 0 Å². The molecule has 0 atom stereocenters. The zero-order valence-electron chi connectivity index (χ0n) is 20.9. The molecule has 0 spiro atoms. The molecule has 0 aliphatic heterocycles. The molecule has 7 nitrogen and oxygen atoms in total. The van der Waals surface area contributed by atoms with Crippen LogP contribution >= 0.6 is 0 Å². The highest BCUT2D eigenvalue weighted by atomic mass is 16.3. The monoisotopic (exact) mass is 500 g/mol. The zero-order valence-corrected chi connectivity index (χ0v) is 20.9. The number of benzene rings is 3. The van der Waals surface area contributed by atoms with E-state index < -0.39 is 0 Å². The first-order chi connectivity index (χ1) is 18.5. The standard InChI is InChI=1S/C31H25N5O2/c1-21-34-36(26-12-10-22(11-13-26)19-33-30(38)17-23-6-5-9-27(37)16-23)31-28-18-25(24-7-3-2-4-8-24)20-32-29(28)14-15-35(21)31/h2-16,18,20H,17,19H2,1H3,(H-,33,37,38)/p+1. The summed E-state index contributed by atoms with van der Waals surface area (Å²) in [6.07, 6.45) is 4.13. The van der Waals surface area contributed by atoms with E-state index in [0.717, 1.165) is 50.3 Å². The van der Waals surface area contributed by atoms with E-state index in [4.69, 9.17) is 10.1 Å². The van der Waals surface area contributed by atoms with Crippen LogP contribution in [0, 0.1) is 6.92 Å². The van der Waals surface area contributed by atoms with Gasteiger partial charge in [0, 0.05) is 30.3 Å². The van der Waals surface area contributed by atoms with E-state index in [0.29, 0.717) is 6.54 Å². The Morgan fingerprint density at radius 2 is 1.74 bits per heavy atom. The van der Waals surface area contributed by atoms with Gasteiger partial charge >= 0.3 is 0 Å². The molecule has 6 aromatic rings. The average Bonchev–Trinajstić information content (AvgIpc) is 3.29. The summed E-state index contributed by atoms with van der Waals surface area (Å²) in [5.74, 6) is 0.929. The lowest BCUT2D eigenvalue weighted by Crippen LogP contribution is -2.24. The number of aromatic hydroxyl groups is 1. The summed E-state index contributed by atoms with van der Waals surface area (Å²) in [5, 5.41) is 18.4. The van der Waals surface area contributed by atoms with E-state index >= 15 is 0 Å². The smallest absolute Gasteiger partial charge is 0.280 e. The average molecular weight is 501 g/mol. The Hall–Kier alpha value is -5.04. The molecular weight excluding hydrogens is 474 g/mol. The number of hydrogen-bond acceptors (Lipinski definition) is 4.